The first-order valence-corrected chi connectivity index (χ1v) is 4.69. The molecule has 0 fully saturated rings. The molecule has 78 valence electrons. The summed E-state index contributed by atoms with van der Waals surface area (Å²) >= 11 is 5.74. The fourth-order valence-electron chi connectivity index (χ4n) is 1.05. The van der Waals surface area contributed by atoms with Gasteiger partial charge in [0.25, 0.3) is 5.89 Å². The Morgan fingerprint density at radius 2 is 2.27 bits per heavy atom. The smallest absolute Gasteiger partial charge is 0.250 e. The van der Waals surface area contributed by atoms with Crippen molar-refractivity contribution in [1.82, 2.24) is 15.2 Å². The molecule has 0 amide bonds. The maximum Gasteiger partial charge on any atom is 0.250 e. The highest BCUT2D eigenvalue weighted by molar-refractivity contribution is 6.20. The predicted molar refractivity (Wildman–Crippen MR) is 51.8 cm³/mol. The number of hydrogen-bond acceptors (Lipinski definition) is 4. The third-order valence-corrected chi connectivity index (χ3v) is 1.97. The van der Waals surface area contributed by atoms with Crippen LogP contribution in [-0.2, 0) is 0 Å². The fourth-order valence-corrected chi connectivity index (χ4v) is 1.14. The highest BCUT2D eigenvalue weighted by Gasteiger charge is 2.15. The Morgan fingerprint density at radius 3 is 2.87 bits per heavy atom. The van der Waals surface area contributed by atoms with Gasteiger partial charge in [0.05, 0.1) is 11.8 Å². The van der Waals surface area contributed by atoms with Crippen molar-refractivity contribution in [3.63, 3.8) is 0 Å². The molecule has 2 heterocycles. The monoisotopic (exact) mass is 227 g/mol. The van der Waals surface area contributed by atoms with E-state index in [4.69, 9.17) is 16.0 Å². The molecule has 1 atom stereocenters. The molecule has 0 aliphatic carbocycles. The van der Waals surface area contributed by atoms with Crippen molar-refractivity contribution in [1.29, 1.82) is 0 Å². The van der Waals surface area contributed by atoms with Crippen LogP contribution in [0.1, 0.15) is 18.2 Å². The van der Waals surface area contributed by atoms with Crippen molar-refractivity contribution >= 4 is 11.6 Å². The number of nitrogens with zero attached hydrogens (tertiary/aromatic N) is 3. The topological polar surface area (TPSA) is 51.8 Å². The van der Waals surface area contributed by atoms with Gasteiger partial charge in [-0.3, -0.25) is 4.98 Å². The van der Waals surface area contributed by atoms with Crippen LogP contribution in [0, 0.1) is 5.82 Å². The largest absolute Gasteiger partial charge is 0.419 e. The molecule has 4 nitrogen and oxygen atoms in total. The second-order valence-electron chi connectivity index (χ2n) is 2.92. The molecule has 0 aliphatic heterocycles. The van der Waals surface area contributed by atoms with Crippen LogP contribution in [0.15, 0.2) is 22.9 Å². The first kappa shape index (κ1) is 10.0. The molecule has 15 heavy (non-hydrogen) atoms. The summed E-state index contributed by atoms with van der Waals surface area (Å²) in [6.07, 6.45) is 2.54. The SMILES string of the molecule is CC(Cl)c1nnc(-c2ccncc2F)o1. The van der Waals surface area contributed by atoms with E-state index in [0.29, 0.717) is 0 Å². The molecule has 0 N–H and O–H groups in total. The Hall–Kier alpha value is -1.49. The molecule has 0 aromatic carbocycles. The number of rotatable bonds is 2. The van der Waals surface area contributed by atoms with E-state index in [9.17, 15) is 4.39 Å². The van der Waals surface area contributed by atoms with E-state index < -0.39 is 11.2 Å². The molecule has 0 radical (unpaired) electrons. The van der Waals surface area contributed by atoms with Gasteiger partial charge in [0.1, 0.15) is 5.38 Å². The van der Waals surface area contributed by atoms with E-state index in [1.54, 1.807) is 6.92 Å². The van der Waals surface area contributed by atoms with Gasteiger partial charge in [0.15, 0.2) is 5.82 Å². The van der Waals surface area contributed by atoms with Crippen molar-refractivity contribution in [2.24, 2.45) is 0 Å². The van der Waals surface area contributed by atoms with Crippen molar-refractivity contribution in [3.8, 4) is 11.5 Å². The lowest BCUT2D eigenvalue weighted by Crippen LogP contribution is -1.85. The molecule has 2 aromatic rings. The minimum atomic E-state index is -0.505. The third kappa shape index (κ3) is 1.97. The zero-order chi connectivity index (χ0) is 10.8. The second kappa shape index (κ2) is 3.94. The van der Waals surface area contributed by atoms with Gasteiger partial charge in [-0.25, -0.2) is 4.39 Å². The molecule has 0 bridgehead atoms. The van der Waals surface area contributed by atoms with Gasteiger partial charge < -0.3 is 4.42 Å². The highest BCUT2D eigenvalue weighted by Crippen LogP contribution is 2.24. The van der Waals surface area contributed by atoms with Crippen LogP contribution in [0.3, 0.4) is 0 Å². The number of alkyl halides is 1. The van der Waals surface area contributed by atoms with Crippen LogP contribution >= 0.6 is 11.6 Å². The van der Waals surface area contributed by atoms with E-state index in [1.165, 1.54) is 12.3 Å². The van der Waals surface area contributed by atoms with E-state index in [-0.39, 0.29) is 17.3 Å². The van der Waals surface area contributed by atoms with Gasteiger partial charge >= 0.3 is 0 Å². The Kier molecular flexibility index (Phi) is 2.64. The molecular weight excluding hydrogens is 221 g/mol. The van der Waals surface area contributed by atoms with Gasteiger partial charge in [-0.2, -0.15) is 0 Å². The lowest BCUT2D eigenvalue weighted by atomic mass is 10.2. The first-order valence-electron chi connectivity index (χ1n) is 4.26. The quantitative estimate of drug-likeness (QED) is 0.740. The van der Waals surface area contributed by atoms with Crippen LogP contribution in [0.5, 0.6) is 0 Å². The molecule has 0 spiro atoms. The van der Waals surface area contributed by atoms with E-state index >= 15 is 0 Å². The Labute approximate surface area is 90.1 Å². The summed E-state index contributed by atoms with van der Waals surface area (Å²) in [6.45, 7) is 1.70. The summed E-state index contributed by atoms with van der Waals surface area (Å²) in [7, 11) is 0. The van der Waals surface area contributed by atoms with Crippen molar-refractivity contribution in [2.75, 3.05) is 0 Å². The summed E-state index contributed by atoms with van der Waals surface area (Å²) in [6, 6.07) is 1.46. The molecule has 2 rings (SSSR count). The first-order chi connectivity index (χ1) is 7.18. The molecule has 6 heteroatoms. The highest BCUT2D eigenvalue weighted by atomic mass is 35.5. The number of halogens is 2. The molecule has 0 saturated heterocycles. The van der Waals surface area contributed by atoms with Crippen molar-refractivity contribution in [3.05, 3.63) is 30.2 Å². The standard InChI is InChI=1S/C9H7ClFN3O/c1-5(10)8-13-14-9(15-8)6-2-3-12-4-7(6)11/h2-5H,1H3. The maximum absolute atomic E-state index is 13.3. The van der Waals surface area contributed by atoms with E-state index in [2.05, 4.69) is 15.2 Å². The minimum absolute atomic E-state index is 0.109. The van der Waals surface area contributed by atoms with Gasteiger partial charge in [0.2, 0.25) is 5.89 Å². The van der Waals surface area contributed by atoms with Gasteiger partial charge in [-0.15, -0.1) is 21.8 Å². The Morgan fingerprint density at radius 1 is 1.47 bits per heavy atom. The lowest BCUT2D eigenvalue weighted by Gasteiger charge is -1.95. The van der Waals surface area contributed by atoms with Gasteiger partial charge in [0, 0.05) is 6.20 Å². The van der Waals surface area contributed by atoms with Crippen LogP contribution < -0.4 is 0 Å². The third-order valence-electron chi connectivity index (χ3n) is 1.78. The molecule has 0 saturated carbocycles. The van der Waals surface area contributed by atoms with Crippen LogP contribution in [0.2, 0.25) is 0 Å². The molecule has 1 unspecified atom stereocenters. The normalized spacial score (nSPS) is 12.7. The lowest BCUT2D eigenvalue weighted by molar-refractivity contribution is 0.502. The Balaban J connectivity index is 2.42. The van der Waals surface area contributed by atoms with Crippen LogP contribution in [0.4, 0.5) is 4.39 Å². The van der Waals surface area contributed by atoms with Gasteiger partial charge in [-0.1, -0.05) is 0 Å². The number of pyridine rings is 1. The average molecular weight is 228 g/mol. The average Bonchev–Trinajstić information content (AvgIpc) is 2.67. The molecule has 2 aromatic heterocycles. The van der Waals surface area contributed by atoms with Gasteiger partial charge in [-0.05, 0) is 13.0 Å². The second-order valence-corrected chi connectivity index (χ2v) is 3.57. The maximum atomic E-state index is 13.3. The summed E-state index contributed by atoms with van der Waals surface area (Å²) in [5.74, 6) is -0.129. The summed E-state index contributed by atoms with van der Waals surface area (Å²) in [4.78, 5) is 3.62. The van der Waals surface area contributed by atoms with E-state index in [0.717, 1.165) is 6.20 Å². The minimum Gasteiger partial charge on any atom is -0.419 e. The van der Waals surface area contributed by atoms with Crippen LogP contribution in [0.25, 0.3) is 11.5 Å². The fraction of sp³-hybridized carbons (Fsp3) is 0.222. The summed E-state index contributed by atoms with van der Waals surface area (Å²) < 4.78 is 18.5. The molecule has 0 aliphatic rings. The van der Waals surface area contributed by atoms with E-state index in [1.807, 2.05) is 0 Å². The predicted octanol–water partition coefficient (Wildman–Crippen LogP) is 2.57. The summed E-state index contributed by atoms with van der Waals surface area (Å²) in [5.41, 5.74) is 0.223. The number of hydrogen-bond donors (Lipinski definition) is 0. The summed E-state index contributed by atoms with van der Waals surface area (Å²) in [5, 5.41) is 7.00. The van der Waals surface area contributed by atoms with Crippen LogP contribution in [-0.4, -0.2) is 15.2 Å². The van der Waals surface area contributed by atoms with Crippen molar-refractivity contribution < 1.29 is 8.81 Å². The number of aromatic nitrogens is 3. The Bertz CT molecular complexity index is 472. The molecular formula is C9H7ClFN3O. The zero-order valence-electron chi connectivity index (χ0n) is 7.82. The van der Waals surface area contributed by atoms with Crippen molar-refractivity contribution in [2.45, 2.75) is 12.3 Å². The zero-order valence-corrected chi connectivity index (χ0v) is 8.57.